The molecule has 0 atom stereocenters. The van der Waals surface area contributed by atoms with E-state index >= 15 is 0 Å². The van der Waals surface area contributed by atoms with E-state index in [9.17, 15) is 28.1 Å². The summed E-state index contributed by atoms with van der Waals surface area (Å²) in [4.78, 5) is 21.9. The summed E-state index contributed by atoms with van der Waals surface area (Å²) in [5.41, 5.74) is -0.509. The molecule has 0 aliphatic carbocycles. The number of anilines is 1. The smallest absolute Gasteiger partial charge is 0.320 e. The first kappa shape index (κ1) is 15.7. The van der Waals surface area contributed by atoms with E-state index in [1.807, 2.05) is 5.32 Å². The first-order chi connectivity index (χ1) is 10.4. The van der Waals surface area contributed by atoms with Crippen LogP contribution in [-0.4, -0.2) is 10.8 Å². The molecule has 9 heteroatoms. The van der Waals surface area contributed by atoms with Crippen LogP contribution in [-0.2, 0) is 4.79 Å². The summed E-state index contributed by atoms with van der Waals surface area (Å²) in [6.07, 6.45) is 2.28. The second-order valence-electron chi connectivity index (χ2n) is 3.98. The lowest BCUT2D eigenvalue weighted by atomic mass is 10.2. The maximum atomic E-state index is 13.4. The second-order valence-corrected chi connectivity index (χ2v) is 5.07. The van der Waals surface area contributed by atoms with Crippen molar-refractivity contribution in [2.24, 2.45) is 0 Å². The Morgan fingerprint density at radius 3 is 2.55 bits per heavy atom. The molecule has 22 heavy (non-hydrogen) atoms. The van der Waals surface area contributed by atoms with Crippen molar-refractivity contribution in [1.82, 2.24) is 0 Å². The highest BCUT2D eigenvalue weighted by atomic mass is 32.1. The number of nitrogens with one attached hydrogen (secondary N) is 1. The van der Waals surface area contributed by atoms with Crippen molar-refractivity contribution >= 4 is 34.0 Å². The normalized spacial score (nSPS) is 10.9. The van der Waals surface area contributed by atoms with E-state index in [4.69, 9.17) is 0 Å². The van der Waals surface area contributed by atoms with Gasteiger partial charge in [-0.3, -0.25) is 14.9 Å². The Kier molecular flexibility index (Phi) is 4.56. The highest BCUT2D eigenvalue weighted by Gasteiger charge is 2.14. The monoisotopic (exact) mass is 328 g/mol. The molecule has 2 rings (SSSR count). The van der Waals surface area contributed by atoms with Crippen molar-refractivity contribution in [3.05, 3.63) is 62.8 Å². The van der Waals surface area contributed by atoms with Crippen LogP contribution in [0.1, 0.15) is 4.88 Å². The molecule has 1 heterocycles. The minimum Gasteiger partial charge on any atom is -0.320 e. The van der Waals surface area contributed by atoms with Crippen LogP contribution in [0.15, 0.2) is 30.3 Å². The first-order valence-corrected chi connectivity index (χ1v) is 6.57. The summed E-state index contributed by atoms with van der Waals surface area (Å²) >= 11 is 0.847. The molecule has 0 fully saturated rings. The van der Waals surface area contributed by atoms with E-state index in [0.717, 1.165) is 23.5 Å². The number of hydrogen-bond acceptors (Lipinski definition) is 4. The molecule has 2 aromatic rings. The predicted molar refractivity (Wildman–Crippen MR) is 75.0 cm³/mol. The van der Waals surface area contributed by atoms with Gasteiger partial charge in [0.05, 0.1) is 10.6 Å². The van der Waals surface area contributed by atoms with Gasteiger partial charge in [0.15, 0.2) is 17.5 Å². The molecule has 1 N–H and O–H groups in total. The number of nitrogens with zero attached hydrogens (tertiary/aromatic N) is 1. The Morgan fingerprint density at radius 2 is 1.91 bits per heavy atom. The fraction of sp³-hybridized carbons (Fsp3) is 0. The maximum Gasteiger partial charge on any atom is 0.324 e. The van der Waals surface area contributed by atoms with Crippen LogP contribution in [0.2, 0.25) is 0 Å². The summed E-state index contributed by atoms with van der Waals surface area (Å²) in [6, 6.07) is 4.28. The molecular weight excluding hydrogens is 321 g/mol. The molecular formula is C13H7F3N2O3S. The standard InChI is InChI=1S/C13H7F3N2O3S/c14-8-3-4-9(13(16)12(8)15)17-10(19)5-1-7-2-6-11(22-7)18(20)21/h1-6H,(H,17,19)/b5-1+. The largest absolute Gasteiger partial charge is 0.324 e. The van der Waals surface area contributed by atoms with Crippen LogP contribution >= 0.6 is 11.3 Å². The van der Waals surface area contributed by atoms with E-state index in [1.54, 1.807) is 0 Å². The highest BCUT2D eigenvalue weighted by molar-refractivity contribution is 7.16. The lowest BCUT2D eigenvalue weighted by molar-refractivity contribution is -0.380. The summed E-state index contributed by atoms with van der Waals surface area (Å²) in [5, 5.41) is 12.4. The van der Waals surface area contributed by atoms with Crippen LogP contribution in [0.25, 0.3) is 6.08 Å². The zero-order valence-corrected chi connectivity index (χ0v) is 11.5. The predicted octanol–water partition coefficient (Wildman–Crippen LogP) is 3.73. The molecule has 0 aliphatic rings. The number of rotatable bonds is 4. The second kappa shape index (κ2) is 6.39. The Balaban J connectivity index is 2.08. The van der Waals surface area contributed by atoms with Crippen LogP contribution < -0.4 is 5.32 Å². The van der Waals surface area contributed by atoms with Crippen molar-refractivity contribution in [1.29, 1.82) is 0 Å². The molecule has 0 aliphatic heterocycles. The minimum absolute atomic E-state index is 0.0910. The van der Waals surface area contributed by atoms with Crippen LogP contribution in [0.5, 0.6) is 0 Å². The van der Waals surface area contributed by atoms with Gasteiger partial charge in [0.25, 0.3) is 0 Å². The van der Waals surface area contributed by atoms with Crippen molar-refractivity contribution in [3.8, 4) is 0 Å². The highest BCUT2D eigenvalue weighted by Crippen LogP contribution is 2.25. The quantitative estimate of drug-likeness (QED) is 0.402. The third-order valence-corrected chi connectivity index (χ3v) is 3.49. The first-order valence-electron chi connectivity index (χ1n) is 5.75. The van der Waals surface area contributed by atoms with Gasteiger partial charge in [-0.15, -0.1) is 0 Å². The molecule has 0 unspecified atom stereocenters. The molecule has 1 amide bonds. The van der Waals surface area contributed by atoms with E-state index in [2.05, 4.69) is 0 Å². The topological polar surface area (TPSA) is 72.2 Å². The van der Waals surface area contributed by atoms with E-state index < -0.39 is 34.0 Å². The Morgan fingerprint density at radius 1 is 1.18 bits per heavy atom. The maximum absolute atomic E-state index is 13.4. The minimum atomic E-state index is -1.68. The Hall–Kier alpha value is -2.68. The van der Waals surface area contributed by atoms with E-state index in [0.29, 0.717) is 10.9 Å². The third-order valence-electron chi connectivity index (χ3n) is 2.48. The number of nitro groups is 1. The van der Waals surface area contributed by atoms with Crippen molar-refractivity contribution in [3.63, 3.8) is 0 Å². The number of benzene rings is 1. The Labute approximate surface area is 125 Å². The lowest BCUT2D eigenvalue weighted by Gasteiger charge is -2.04. The van der Waals surface area contributed by atoms with Crippen molar-refractivity contribution in [2.75, 3.05) is 5.32 Å². The summed E-state index contributed by atoms with van der Waals surface area (Å²) in [6.45, 7) is 0. The zero-order chi connectivity index (χ0) is 16.3. The summed E-state index contributed by atoms with van der Waals surface area (Å²) in [7, 11) is 0. The summed E-state index contributed by atoms with van der Waals surface area (Å²) in [5.74, 6) is -5.35. The average molecular weight is 328 g/mol. The number of carbonyl (C=O) groups is 1. The number of hydrogen-bond donors (Lipinski definition) is 1. The number of carbonyl (C=O) groups excluding carboxylic acids is 1. The van der Waals surface area contributed by atoms with Gasteiger partial charge in [-0.25, -0.2) is 13.2 Å². The molecule has 0 saturated heterocycles. The van der Waals surface area contributed by atoms with E-state index in [1.165, 1.54) is 18.2 Å². The van der Waals surface area contributed by atoms with Gasteiger partial charge in [-0.1, -0.05) is 11.3 Å². The van der Waals surface area contributed by atoms with Gasteiger partial charge in [0, 0.05) is 17.0 Å². The average Bonchev–Trinajstić information content (AvgIpc) is 2.95. The SMILES string of the molecule is O=C(/C=C/c1ccc([N+](=O)[O-])s1)Nc1ccc(F)c(F)c1F. The van der Waals surface area contributed by atoms with Gasteiger partial charge >= 0.3 is 5.00 Å². The molecule has 0 bridgehead atoms. The van der Waals surface area contributed by atoms with Gasteiger partial charge in [-0.05, 0) is 24.3 Å². The molecule has 0 saturated carbocycles. The molecule has 1 aromatic heterocycles. The number of thiophene rings is 1. The molecule has 0 radical (unpaired) electrons. The van der Waals surface area contributed by atoms with Gasteiger partial charge in [0.1, 0.15) is 0 Å². The zero-order valence-electron chi connectivity index (χ0n) is 10.7. The molecule has 5 nitrogen and oxygen atoms in total. The van der Waals surface area contributed by atoms with Crippen LogP contribution in [0.4, 0.5) is 23.9 Å². The fourth-order valence-corrected chi connectivity index (χ4v) is 2.21. The lowest BCUT2D eigenvalue weighted by Crippen LogP contribution is -2.10. The van der Waals surface area contributed by atoms with Crippen molar-refractivity contribution < 1.29 is 22.9 Å². The summed E-state index contributed by atoms with van der Waals surface area (Å²) < 4.78 is 39.1. The van der Waals surface area contributed by atoms with Gasteiger partial charge in [0.2, 0.25) is 5.91 Å². The van der Waals surface area contributed by atoms with Crippen molar-refractivity contribution in [2.45, 2.75) is 0 Å². The van der Waals surface area contributed by atoms with Crippen LogP contribution in [0, 0.1) is 27.6 Å². The molecule has 0 spiro atoms. The molecule has 114 valence electrons. The van der Waals surface area contributed by atoms with E-state index in [-0.39, 0.29) is 5.00 Å². The Bertz CT molecular complexity index is 774. The fourth-order valence-electron chi connectivity index (χ4n) is 1.48. The van der Waals surface area contributed by atoms with Gasteiger partial charge in [-0.2, -0.15) is 0 Å². The number of amides is 1. The molecule has 1 aromatic carbocycles. The van der Waals surface area contributed by atoms with Crippen LogP contribution in [0.3, 0.4) is 0 Å². The number of halogens is 3. The third kappa shape index (κ3) is 3.50. The van der Waals surface area contributed by atoms with Gasteiger partial charge < -0.3 is 5.32 Å².